The Hall–Kier alpha value is -1.35. The van der Waals surface area contributed by atoms with Crippen LogP contribution >= 0.6 is 0 Å². The van der Waals surface area contributed by atoms with Gasteiger partial charge in [0, 0.05) is 11.6 Å². The van der Waals surface area contributed by atoms with Crippen LogP contribution in [-0.2, 0) is 11.3 Å². The predicted octanol–water partition coefficient (Wildman–Crippen LogP) is 1.40. The predicted molar refractivity (Wildman–Crippen MR) is 81.5 cm³/mol. The van der Waals surface area contributed by atoms with Crippen molar-refractivity contribution in [3.63, 3.8) is 0 Å². The molecule has 0 radical (unpaired) electrons. The SMILES string of the molecule is C[C@@H]1CCCC[C@@H]1NC(=O)C[NH+](C)Cc1ccccc1. The fraction of sp³-hybridized carbons (Fsp3) is 0.588. The molecule has 3 atom stereocenters. The lowest BCUT2D eigenvalue weighted by Gasteiger charge is -2.29. The van der Waals surface area contributed by atoms with Gasteiger partial charge in [-0.05, 0) is 18.8 Å². The minimum Gasteiger partial charge on any atom is -0.348 e. The number of carbonyl (C=O) groups excluding carboxylic acids is 1. The van der Waals surface area contributed by atoms with Crippen LogP contribution in [-0.4, -0.2) is 25.5 Å². The van der Waals surface area contributed by atoms with E-state index in [1.54, 1.807) is 0 Å². The third kappa shape index (κ3) is 4.64. The number of carbonyl (C=O) groups is 1. The number of rotatable bonds is 5. The lowest BCUT2D eigenvalue weighted by atomic mass is 9.86. The summed E-state index contributed by atoms with van der Waals surface area (Å²) in [5, 5.41) is 3.23. The monoisotopic (exact) mass is 275 g/mol. The third-order valence-electron chi connectivity index (χ3n) is 4.27. The van der Waals surface area contributed by atoms with Crippen molar-refractivity contribution >= 4 is 5.91 Å². The summed E-state index contributed by atoms with van der Waals surface area (Å²) in [6.45, 7) is 3.71. The smallest absolute Gasteiger partial charge is 0.275 e. The minimum absolute atomic E-state index is 0.192. The van der Waals surface area contributed by atoms with Gasteiger partial charge in [0.2, 0.25) is 0 Å². The quantitative estimate of drug-likeness (QED) is 0.837. The molecule has 2 N–H and O–H groups in total. The second-order valence-corrected chi connectivity index (χ2v) is 6.23. The van der Waals surface area contributed by atoms with Gasteiger partial charge < -0.3 is 10.2 Å². The van der Waals surface area contributed by atoms with E-state index < -0.39 is 0 Å². The highest BCUT2D eigenvalue weighted by molar-refractivity contribution is 5.77. The summed E-state index contributed by atoms with van der Waals surface area (Å²) < 4.78 is 0. The van der Waals surface area contributed by atoms with E-state index in [4.69, 9.17) is 0 Å². The molecule has 1 aliphatic carbocycles. The number of quaternary nitrogens is 1. The summed E-state index contributed by atoms with van der Waals surface area (Å²) in [6, 6.07) is 10.7. The molecule has 1 amide bonds. The maximum absolute atomic E-state index is 12.1. The lowest BCUT2D eigenvalue weighted by molar-refractivity contribution is -0.885. The van der Waals surface area contributed by atoms with E-state index in [9.17, 15) is 4.79 Å². The number of nitrogens with one attached hydrogen (secondary N) is 2. The van der Waals surface area contributed by atoms with E-state index in [0.717, 1.165) is 13.0 Å². The first-order chi connectivity index (χ1) is 9.65. The van der Waals surface area contributed by atoms with Crippen molar-refractivity contribution < 1.29 is 9.69 Å². The minimum atomic E-state index is 0.192. The molecule has 3 heteroatoms. The Morgan fingerprint density at radius 3 is 2.65 bits per heavy atom. The second kappa shape index (κ2) is 7.44. The van der Waals surface area contributed by atoms with Gasteiger partial charge in [0.25, 0.3) is 5.91 Å². The average Bonchev–Trinajstić information content (AvgIpc) is 2.42. The first kappa shape index (κ1) is 15.0. The van der Waals surface area contributed by atoms with Crippen LogP contribution in [0.4, 0.5) is 0 Å². The molecule has 3 nitrogen and oxygen atoms in total. The number of likely N-dealkylation sites (N-methyl/N-ethyl adjacent to an activating group) is 1. The Morgan fingerprint density at radius 1 is 1.25 bits per heavy atom. The number of benzene rings is 1. The van der Waals surface area contributed by atoms with Gasteiger partial charge in [-0.15, -0.1) is 0 Å². The Morgan fingerprint density at radius 2 is 1.95 bits per heavy atom. The zero-order valence-electron chi connectivity index (χ0n) is 12.7. The molecule has 110 valence electrons. The van der Waals surface area contributed by atoms with E-state index in [1.165, 1.54) is 29.7 Å². The van der Waals surface area contributed by atoms with E-state index in [-0.39, 0.29) is 5.91 Å². The van der Waals surface area contributed by atoms with E-state index in [1.807, 2.05) is 18.2 Å². The standard InChI is InChI=1S/C17H26N2O/c1-14-8-6-7-11-16(14)18-17(20)13-19(2)12-15-9-4-3-5-10-15/h3-5,9-10,14,16H,6-8,11-13H2,1-2H3,(H,18,20)/p+1/t14-,16+/m1/s1. The lowest BCUT2D eigenvalue weighted by Crippen LogP contribution is -3.09. The van der Waals surface area contributed by atoms with Crippen LogP contribution in [0, 0.1) is 5.92 Å². The molecule has 2 rings (SSSR count). The van der Waals surface area contributed by atoms with Gasteiger partial charge in [-0.2, -0.15) is 0 Å². The van der Waals surface area contributed by atoms with Crippen molar-refractivity contribution in [1.82, 2.24) is 5.32 Å². The van der Waals surface area contributed by atoms with Gasteiger partial charge in [-0.3, -0.25) is 4.79 Å². The molecule has 0 saturated heterocycles. The van der Waals surface area contributed by atoms with Crippen LogP contribution in [0.1, 0.15) is 38.2 Å². The summed E-state index contributed by atoms with van der Waals surface area (Å²) in [6.07, 6.45) is 4.96. The van der Waals surface area contributed by atoms with Crippen molar-refractivity contribution in [3.05, 3.63) is 35.9 Å². The first-order valence-electron chi connectivity index (χ1n) is 7.79. The van der Waals surface area contributed by atoms with E-state index in [2.05, 4.69) is 31.4 Å². The van der Waals surface area contributed by atoms with Gasteiger partial charge in [0.05, 0.1) is 7.05 Å². The number of amides is 1. The van der Waals surface area contributed by atoms with Crippen LogP contribution in [0.5, 0.6) is 0 Å². The molecule has 1 unspecified atom stereocenters. The van der Waals surface area contributed by atoms with E-state index >= 15 is 0 Å². The van der Waals surface area contributed by atoms with Crippen LogP contribution in [0.2, 0.25) is 0 Å². The van der Waals surface area contributed by atoms with Crippen LogP contribution in [0.3, 0.4) is 0 Å². The van der Waals surface area contributed by atoms with Crippen LogP contribution in [0.15, 0.2) is 30.3 Å². The molecule has 1 saturated carbocycles. The Kier molecular flexibility index (Phi) is 5.60. The molecule has 0 aliphatic heterocycles. The van der Waals surface area contributed by atoms with Crippen molar-refractivity contribution in [1.29, 1.82) is 0 Å². The molecular weight excluding hydrogens is 248 g/mol. The number of hydrogen-bond donors (Lipinski definition) is 2. The average molecular weight is 275 g/mol. The second-order valence-electron chi connectivity index (χ2n) is 6.23. The fourth-order valence-corrected chi connectivity index (χ4v) is 3.07. The van der Waals surface area contributed by atoms with Crippen molar-refractivity contribution in [2.24, 2.45) is 5.92 Å². The largest absolute Gasteiger partial charge is 0.348 e. The summed E-state index contributed by atoms with van der Waals surface area (Å²) in [4.78, 5) is 13.4. The highest BCUT2D eigenvalue weighted by Crippen LogP contribution is 2.23. The van der Waals surface area contributed by atoms with Gasteiger partial charge in [-0.1, -0.05) is 50.1 Å². The molecule has 0 bridgehead atoms. The van der Waals surface area contributed by atoms with E-state index in [0.29, 0.717) is 18.5 Å². The highest BCUT2D eigenvalue weighted by Gasteiger charge is 2.23. The van der Waals surface area contributed by atoms with Gasteiger partial charge >= 0.3 is 0 Å². The molecule has 0 heterocycles. The maximum Gasteiger partial charge on any atom is 0.275 e. The summed E-state index contributed by atoms with van der Waals surface area (Å²) in [5.74, 6) is 0.819. The zero-order valence-corrected chi connectivity index (χ0v) is 12.7. The van der Waals surface area contributed by atoms with Crippen molar-refractivity contribution in [3.8, 4) is 0 Å². The Bertz CT molecular complexity index is 418. The fourth-order valence-electron chi connectivity index (χ4n) is 3.07. The third-order valence-corrected chi connectivity index (χ3v) is 4.27. The molecule has 20 heavy (non-hydrogen) atoms. The molecule has 1 aliphatic rings. The Labute approximate surface area is 122 Å². The van der Waals surface area contributed by atoms with Gasteiger partial charge in [0.15, 0.2) is 6.54 Å². The van der Waals surface area contributed by atoms with Gasteiger partial charge in [0.1, 0.15) is 6.54 Å². The molecule has 1 aromatic rings. The van der Waals surface area contributed by atoms with Crippen LogP contribution in [0.25, 0.3) is 0 Å². The van der Waals surface area contributed by atoms with Crippen molar-refractivity contribution in [2.45, 2.75) is 45.2 Å². The highest BCUT2D eigenvalue weighted by atomic mass is 16.2. The molecule has 0 aromatic heterocycles. The van der Waals surface area contributed by atoms with Crippen molar-refractivity contribution in [2.75, 3.05) is 13.6 Å². The molecular formula is C17H27N2O+. The molecule has 1 fully saturated rings. The number of hydrogen-bond acceptors (Lipinski definition) is 1. The molecule has 1 aromatic carbocycles. The molecule has 0 spiro atoms. The summed E-state index contributed by atoms with van der Waals surface area (Å²) in [5.41, 5.74) is 1.28. The topological polar surface area (TPSA) is 33.5 Å². The summed E-state index contributed by atoms with van der Waals surface area (Å²) in [7, 11) is 2.08. The Balaban J connectivity index is 1.76. The van der Waals surface area contributed by atoms with Crippen LogP contribution < -0.4 is 10.2 Å². The zero-order chi connectivity index (χ0) is 14.4. The van der Waals surface area contributed by atoms with Gasteiger partial charge in [-0.25, -0.2) is 0 Å². The first-order valence-corrected chi connectivity index (χ1v) is 7.79. The normalized spacial score (nSPS) is 24.1. The maximum atomic E-state index is 12.1. The summed E-state index contributed by atoms with van der Waals surface area (Å²) >= 11 is 0.